The first-order valence-corrected chi connectivity index (χ1v) is 7.81. The maximum atomic E-state index is 12.2. The summed E-state index contributed by atoms with van der Waals surface area (Å²) >= 11 is 0. The largest absolute Gasteiger partial charge is 0.449 e. The van der Waals surface area contributed by atoms with E-state index in [0.29, 0.717) is 16.9 Å². The number of nitrogens with one attached hydrogen (secondary N) is 2. The summed E-state index contributed by atoms with van der Waals surface area (Å²) in [4.78, 5) is 35.2. The van der Waals surface area contributed by atoms with Gasteiger partial charge in [-0.05, 0) is 50.2 Å². The van der Waals surface area contributed by atoms with Crippen molar-refractivity contribution >= 4 is 29.2 Å². The van der Waals surface area contributed by atoms with Crippen molar-refractivity contribution in [2.24, 2.45) is 0 Å². The zero-order chi connectivity index (χ0) is 18.4. The zero-order valence-corrected chi connectivity index (χ0v) is 14.3. The fourth-order valence-corrected chi connectivity index (χ4v) is 2.14. The van der Waals surface area contributed by atoms with Gasteiger partial charge in [-0.1, -0.05) is 17.7 Å². The molecule has 0 aromatic heterocycles. The van der Waals surface area contributed by atoms with Gasteiger partial charge in [0.15, 0.2) is 6.10 Å². The highest BCUT2D eigenvalue weighted by Crippen LogP contribution is 2.14. The Hall–Kier alpha value is -3.15. The fourth-order valence-electron chi connectivity index (χ4n) is 2.14. The van der Waals surface area contributed by atoms with Crippen LogP contribution in [0.3, 0.4) is 0 Å². The Morgan fingerprint density at radius 1 is 0.960 bits per heavy atom. The Morgan fingerprint density at radius 2 is 1.56 bits per heavy atom. The van der Waals surface area contributed by atoms with Crippen LogP contribution in [0.1, 0.15) is 29.8 Å². The maximum absolute atomic E-state index is 12.2. The summed E-state index contributed by atoms with van der Waals surface area (Å²) in [5.41, 5.74) is 2.51. The van der Waals surface area contributed by atoms with Crippen molar-refractivity contribution in [1.82, 2.24) is 0 Å². The smallest absolute Gasteiger partial charge is 0.338 e. The Morgan fingerprint density at radius 3 is 2.12 bits per heavy atom. The van der Waals surface area contributed by atoms with E-state index in [0.717, 1.165) is 5.56 Å². The highest BCUT2D eigenvalue weighted by molar-refractivity contribution is 5.97. The van der Waals surface area contributed by atoms with E-state index >= 15 is 0 Å². The van der Waals surface area contributed by atoms with Crippen molar-refractivity contribution in [3.8, 4) is 0 Å². The number of carbonyl (C=O) groups is 3. The highest BCUT2D eigenvalue weighted by Gasteiger charge is 2.19. The molecule has 2 N–H and O–H groups in total. The molecule has 6 heteroatoms. The Labute approximate surface area is 146 Å². The van der Waals surface area contributed by atoms with Gasteiger partial charge in [0, 0.05) is 18.3 Å². The number of ether oxygens (including phenoxy) is 1. The van der Waals surface area contributed by atoms with E-state index in [1.165, 1.54) is 13.8 Å². The monoisotopic (exact) mass is 340 g/mol. The van der Waals surface area contributed by atoms with Gasteiger partial charge in [-0.2, -0.15) is 0 Å². The van der Waals surface area contributed by atoms with Crippen LogP contribution in [-0.4, -0.2) is 23.9 Å². The van der Waals surface area contributed by atoms with Crippen molar-refractivity contribution in [2.45, 2.75) is 26.9 Å². The van der Waals surface area contributed by atoms with E-state index < -0.39 is 18.0 Å². The molecule has 25 heavy (non-hydrogen) atoms. The van der Waals surface area contributed by atoms with Crippen molar-refractivity contribution in [2.75, 3.05) is 10.6 Å². The van der Waals surface area contributed by atoms with Gasteiger partial charge < -0.3 is 15.4 Å². The molecule has 0 bridgehead atoms. The molecule has 0 radical (unpaired) electrons. The van der Waals surface area contributed by atoms with Crippen LogP contribution in [-0.2, 0) is 14.3 Å². The van der Waals surface area contributed by atoms with Crippen LogP contribution in [0.5, 0.6) is 0 Å². The first kappa shape index (κ1) is 18.2. The molecule has 0 unspecified atom stereocenters. The lowest BCUT2D eigenvalue weighted by atomic mass is 10.1. The molecule has 130 valence electrons. The van der Waals surface area contributed by atoms with Gasteiger partial charge in [-0.15, -0.1) is 0 Å². The zero-order valence-electron chi connectivity index (χ0n) is 14.3. The summed E-state index contributed by atoms with van der Waals surface area (Å²) in [5.74, 6) is -1.16. The van der Waals surface area contributed by atoms with Crippen LogP contribution in [0.2, 0.25) is 0 Å². The second-order valence-corrected chi connectivity index (χ2v) is 5.66. The second kappa shape index (κ2) is 8.10. The molecule has 0 saturated heterocycles. The molecule has 2 amide bonds. The molecule has 6 nitrogen and oxygen atoms in total. The van der Waals surface area contributed by atoms with Crippen molar-refractivity contribution in [3.05, 3.63) is 59.7 Å². The summed E-state index contributed by atoms with van der Waals surface area (Å²) < 4.78 is 5.19. The standard InChI is InChI=1S/C19H20N2O4/c1-12-5-4-6-15(11-12)19(24)25-13(2)18(23)21-17-9-7-16(8-10-17)20-14(3)22/h4-11,13H,1-3H3,(H,20,22)(H,21,23)/t13-/m0/s1. The van der Waals surface area contributed by atoms with Crippen LogP contribution in [0, 0.1) is 6.92 Å². The van der Waals surface area contributed by atoms with E-state index in [1.807, 2.05) is 13.0 Å². The summed E-state index contributed by atoms with van der Waals surface area (Å²) in [7, 11) is 0. The fraction of sp³-hybridized carbons (Fsp3) is 0.211. The number of benzene rings is 2. The predicted molar refractivity (Wildman–Crippen MR) is 95.4 cm³/mol. The number of esters is 1. The number of amides is 2. The molecule has 0 fully saturated rings. The van der Waals surface area contributed by atoms with Gasteiger partial charge in [0.05, 0.1) is 5.56 Å². The van der Waals surface area contributed by atoms with E-state index in [2.05, 4.69) is 10.6 Å². The highest BCUT2D eigenvalue weighted by atomic mass is 16.5. The molecule has 2 aromatic carbocycles. The lowest BCUT2D eigenvalue weighted by Gasteiger charge is -2.14. The van der Waals surface area contributed by atoms with Crippen LogP contribution >= 0.6 is 0 Å². The summed E-state index contributed by atoms with van der Waals surface area (Å²) in [6, 6.07) is 13.6. The predicted octanol–water partition coefficient (Wildman–Crippen LogP) is 3.14. The number of anilines is 2. The van der Waals surface area contributed by atoms with Crippen LogP contribution in [0.25, 0.3) is 0 Å². The normalized spacial score (nSPS) is 11.3. The number of carbonyl (C=O) groups excluding carboxylic acids is 3. The Balaban J connectivity index is 1.93. The molecule has 0 aliphatic heterocycles. The third-order valence-electron chi connectivity index (χ3n) is 3.38. The van der Waals surface area contributed by atoms with Gasteiger partial charge >= 0.3 is 5.97 Å². The molecule has 0 aliphatic carbocycles. The van der Waals surface area contributed by atoms with E-state index in [-0.39, 0.29) is 5.91 Å². The first-order valence-electron chi connectivity index (χ1n) is 7.81. The number of hydrogen-bond acceptors (Lipinski definition) is 4. The lowest BCUT2D eigenvalue weighted by Crippen LogP contribution is -2.30. The number of rotatable bonds is 5. The third kappa shape index (κ3) is 5.46. The SMILES string of the molecule is CC(=O)Nc1ccc(NC(=O)[C@H](C)OC(=O)c2cccc(C)c2)cc1. The molecule has 2 aromatic rings. The van der Waals surface area contributed by atoms with Crippen LogP contribution in [0.15, 0.2) is 48.5 Å². The molecule has 0 heterocycles. The van der Waals surface area contributed by atoms with Crippen LogP contribution in [0.4, 0.5) is 11.4 Å². The molecule has 0 saturated carbocycles. The molecular weight excluding hydrogens is 320 g/mol. The summed E-state index contributed by atoms with van der Waals surface area (Å²) in [5, 5.41) is 5.30. The number of aryl methyl sites for hydroxylation is 1. The molecule has 0 spiro atoms. The van der Waals surface area contributed by atoms with Gasteiger partial charge in [0.1, 0.15) is 0 Å². The molecule has 0 aliphatic rings. The van der Waals surface area contributed by atoms with Crippen molar-refractivity contribution in [1.29, 1.82) is 0 Å². The minimum absolute atomic E-state index is 0.173. The van der Waals surface area contributed by atoms with Crippen molar-refractivity contribution in [3.63, 3.8) is 0 Å². The second-order valence-electron chi connectivity index (χ2n) is 5.66. The number of hydrogen-bond donors (Lipinski definition) is 2. The van der Waals surface area contributed by atoms with E-state index in [1.54, 1.807) is 42.5 Å². The van der Waals surface area contributed by atoms with Crippen LogP contribution < -0.4 is 10.6 Å². The quantitative estimate of drug-likeness (QED) is 0.819. The Bertz CT molecular complexity index is 784. The summed E-state index contributed by atoms with van der Waals surface area (Å²) in [6.07, 6.45) is -0.942. The minimum atomic E-state index is -0.942. The topological polar surface area (TPSA) is 84.5 Å². The molecule has 1 atom stereocenters. The first-order chi connectivity index (χ1) is 11.8. The van der Waals surface area contributed by atoms with Crippen molar-refractivity contribution < 1.29 is 19.1 Å². The maximum Gasteiger partial charge on any atom is 0.338 e. The van der Waals surface area contributed by atoms with Gasteiger partial charge in [-0.3, -0.25) is 9.59 Å². The summed E-state index contributed by atoms with van der Waals surface area (Å²) in [6.45, 7) is 4.80. The third-order valence-corrected chi connectivity index (χ3v) is 3.38. The Kier molecular flexibility index (Phi) is 5.89. The van der Waals surface area contributed by atoms with E-state index in [4.69, 9.17) is 4.74 Å². The van der Waals surface area contributed by atoms with E-state index in [9.17, 15) is 14.4 Å². The average molecular weight is 340 g/mol. The van der Waals surface area contributed by atoms with Gasteiger partial charge in [0.25, 0.3) is 5.91 Å². The lowest BCUT2D eigenvalue weighted by molar-refractivity contribution is -0.123. The van der Waals surface area contributed by atoms with Gasteiger partial charge in [0.2, 0.25) is 5.91 Å². The molecular formula is C19H20N2O4. The average Bonchev–Trinajstić information content (AvgIpc) is 2.56. The minimum Gasteiger partial charge on any atom is -0.449 e. The molecule has 2 rings (SSSR count). The van der Waals surface area contributed by atoms with Gasteiger partial charge in [-0.25, -0.2) is 4.79 Å².